The molecule has 9 heteroatoms. The molecule has 0 aliphatic heterocycles. The monoisotopic (exact) mass is 296 g/mol. The minimum atomic E-state index is -2.66. The lowest BCUT2D eigenvalue weighted by Gasteiger charge is -2.14. The quantitative estimate of drug-likeness (QED) is 0.801. The van der Waals surface area contributed by atoms with E-state index in [1.165, 1.54) is 28.2 Å². The first-order valence-electron chi connectivity index (χ1n) is 5.78. The van der Waals surface area contributed by atoms with E-state index in [9.17, 15) is 8.78 Å². The first-order chi connectivity index (χ1) is 9.65. The lowest BCUT2D eigenvalue weighted by molar-refractivity contribution is 0.146. The zero-order valence-electron chi connectivity index (χ0n) is 10.4. The number of hydrogen-bond donors (Lipinski definition) is 1. The molecular weight excluding hydrogens is 286 g/mol. The molecule has 0 amide bonds. The van der Waals surface area contributed by atoms with Crippen LogP contribution in [0.15, 0.2) is 23.3 Å². The van der Waals surface area contributed by atoms with E-state index in [0.29, 0.717) is 5.82 Å². The Kier molecular flexibility index (Phi) is 3.26. The number of hydrogen-bond acceptors (Lipinski definition) is 6. The van der Waals surface area contributed by atoms with Crippen molar-refractivity contribution in [1.82, 2.24) is 24.6 Å². The molecular formula is C11H10F2N6S. The molecule has 1 N–H and O–H groups in total. The van der Waals surface area contributed by atoms with Crippen LogP contribution in [-0.4, -0.2) is 24.6 Å². The number of aromatic nitrogens is 5. The van der Waals surface area contributed by atoms with Crippen LogP contribution in [0.3, 0.4) is 0 Å². The maximum absolute atomic E-state index is 12.8. The van der Waals surface area contributed by atoms with Crippen LogP contribution in [0.25, 0.3) is 5.78 Å². The van der Waals surface area contributed by atoms with E-state index in [2.05, 4.69) is 25.4 Å². The van der Waals surface area contributed by atoms with Crippen molar-refractivity contribution in [3.63, 3.8) is 0 Å². The summed E-state index contributed by atoms with van der Waals surface area (Å²) >= 11 is 1.47. The first-order valence-corrected chi connectivity index (χ1v) is 6.73. The Morgan fingerprint density at radius 1 is 1.30 bits per heavy atom. The fraction of sp³-hybridized carbons (Fsp3) is 0.273. The van der Waals surface area contributed by atoms with Gasteiger partial charge in [-0.05, 0) is 6.92 Å². The minimum Gasteiger partial charge on any atom is -0.362 e. The van der Waals surface area contributed by atoms with Crippen LogP contribution in [0.1, 0.15) is 30.8 Å². The predicted octanol–water partition coefficient (Wildman–Crippen LogP) is 2.69. The van der Waals surface area contributed by atoms with Gasteiger partial charge in [0.05, 0.1) is 17.2 Å². The van der Waals surface area contributed by atoms with Gasteiger partial charge in [0.25, 0.3) is 12.2 Å². The number of anilines is 1. The third kappa shape index (κ3) is 2.31. The van der Waals surface area contributed by atoms with Gasteiger partial charge >= 0.3 is 0 Å². The van der Waals surface area contributed by atoms with Crippen molar-refractivity contribution >= 4 is 22.9 Å². The Hall–Kier alpha value is -2.16. The highest BCUT2D eigenvalue weighted by atomic mass is 32.1. The zero-order chi connectivity index (χ0) is 14.1. The molecule has 6 nitrogen and oxygen atoms in total. The molecule has 0 spiro atoms. The topological polar surface area (TPSA) is 68.0 Å². The van der Waals surface area contributed by atoms with E-state index >= 15 is 0 Å². The average molecular weight is 296 g/mol. The van der Waals surface area contributed by atoms with Gasteiger partial charge in [-0.2, -0.15) is 14.6 Å². The fourth-order valence-electron chi connectivity index (χ4n) is 1.78. The summed E-state index contributed by atoms with van der Waals surface area (Å²) in [5.41, 5.74) is 2.22. The smallest absolute Gasteiger partial charge is 0.280 e. The van der Waals surface area contributed by atoms with Crippen molar-refractivity contribution in [2.45, 2.75) is 19.4 Å². The molecule has 0 aliphatic rings. The number of nitrogens with one attached hydrogen (secondary N) is 1. The number of fused-ring (bicyclic) bond motifs is 1. The van der Waals surface area contributed by atoms with Gasteiger partial charge in [0.1, 0.15) is 17.8 Å². The molecule has 1 atom stereocenters. The number of nitrogens with zero attached hydrogens (tertiary/aromatic N) is 5. The van der Waals surface area contributed by atoms with E-state index in [0.717, 1.165) is 5.69 Å². The highest BCUT2D eigenvalue weighted by molar-refractivity contribution is 7.07. The first kappa shape index (κ1) is 12.9. The summed E-state index contributed by atoms with van der Waals surface area (Å²) in [6, 6.07) is 1.14. The third-order valence-corrected chi connectivity index (χ3v) is 3.36. The normalized spacial score (nSPS) is 13.0. The van der Waals surface area contributed by atoms with Crippen molar-refractivity contribution in [2.75, 3.05) is 5.32 Å². The molecule has 104 valence electrons. The van der Waals surface area contributed by atoms with Crippen molar-refractivity contribution in [2.24, 2.45) is 0 Å². The second-order valence-electron chi connectivity index (χ2n) is 4.12. The summed E-state index contributed by atoms with van der Waals surface area (Å²) in [5, 5.41) is 8.97. The van der Waals surface area contributed by atoms with Crippen LogP contribution in [0.4, 0.5) is 14.6 Å². The molecule has 1 unspecified atom stereocenters. The SMILES string of the molecule is CC(Nc1cc(C(F)F)nc2ncnn12)c1cscn1. The molecule has 0 aromatic carbocycles. The molecule has 0 bridgehead atoms. The van der Waals surface area contributed by atoms with Crippen molar-refractivity contribution in [3.8, 4) is 0 Å². The van der Waals surface area contributed by atoms with E-state index in [1.54, 1.807) is 5.51 Å². The lowest BCUT2D eigenvalue weighted by atomic mass is 10.2. The van der Waals surface area contributed by atoms with Gasteiger partial charge in [0.2, 0.25) is 0 Å². The molecule has 3 aromatic rings. The third-order valence-electron chi connectivity index (χ3n) is 2.75. The fourth-order valence-corrected chi connectivity index (χ4v) is 2.42. The number of alkyl halides is 2. The van der Waals surface area contributed by atoms with Gasteiger partial charge < -0.3 is 5.32 Å². The van der Waals surface area contributed by atoms with Crippen LogP contribution in [0.2, 0.25) is 0 Å². The average Bonchev–Trinajstić information content (AvgIpc) is 3.09. The summed E-state index contributed by atoms with van der Waals surface area (Å²) in [7, 11) is 0. The highest BCUT2D eigenvalue weighted by Gasteiger charge is 2.16. The second kappa shape index (κ2) is 5.08. The summed E-state index contributed by atoms with van der Waals surface area (Å²) in [6.07, 6.45) is -1.39. The standard InChI is InChI=1S/C11H10F2N6S/c1-6(8-3-20-5-15-8)17-9-2-7(10(12)13)18-11-14-4-16-19(9)11/h2-6,10,17H,1H3. The van der Waals surface area contributed by atoms with Crippen LogP contribution < -0.4 is 5.32 Å². The van der Waals surface area contributed by atoms with Crippen LogP contribution in [0.5, 0.6) is 0 Å². The van der Waals surface area contributed by atoms with Gasteiger partial charge in [0, 0.05) is 11.4 Å². The maximum Gasteiger partial charge on any atom is 0.280 e. The Balaban J connectivity index is 1.99. The van der Waals surface area contributed by atoms with Crippen molar-refractivity contribution in [1.29, 1.82) is 0 Å². The highest BCUT2D eigenvalue weighted by Crippen LogP contribution is 2.23. The molecule has 3 rings (SSSR count). The summed E-state index contributed by atoms with van der Waals surface area (Å²) in [5.74, 6) is 0.541. The molecule has 0 radical (unpaired) electrons. The summed E-state index contributed by atoms with van der Waals surface area (Å²) < 4.78 is 27.1. The second-order valence-corrected chi connectivity index (χ2v) is 4.84. The van der Waals surface area contributed by atoms with Crippen LogP contribution >= 0.6 is 11.3 Å². The Labute approximate surface area is 116 Å². The summed E-state index contributed by atoms with van der Waals surface area (Å²) in [4.78, 5) is 11.8. The zero-order valence-corrected chi connectivity index (χ0v) is 11.2. The van der Waals surface area contributed by atoms with Gasteiger partial charge in [-0.15, -0.1) is 11.3 Å². The molecule has 0 fully saturated rings. The molecule has 0 saturated heterocycles. The van der Waals surface area contributed by atoms with Crippen LogP contribution in [0, 0.1) is 0 Å². The van der Waals surface area contributed by atoms with Gasteiger partial charge in [-0.3, -0.25) is 0 Å². The minimum absolute atomic E-state index is 0.135. The Morgan fingerprint density at radius 3 is 2.85 bits per heavy atom. The molecule has 0 saturated carbocycles. The van der Waals surface area contributed by atoms with Gasteiger partial charge in [-0.1, -0.05) is 0 Å². The summed E-state index contributed by atoms with van der Waals surface area (Å²) in [6.45, 7) is 1.89. The van der Waals surface area contributed by atoms with Crippen molar-refractivity contribution < 1.29 is 8.78 Å². The van der Waals surface area contributed by atoms with E-state index in [-0.39, 0.29) is 17.5 Å². The molecule has 0 aliphatic carbocycles. The van der Waals surface area contributed by atoms with E-state index < -0.39 is 6.43 Å². The number of thiazole rings is 1. The molecule has 3 heterocycles. The van der Waals surface area contributed by atoms with Crippen molar-refractivity contribution in [3.05, 3.63) is 34.7 Å². The number of rotatable bonds is 4. The largest absolute Gasteiger partial charge is 0.362 e. The van der Waals surface area contributed by atoms with Crippen LogP contribution in [-0.2, 0) is 0 Å². The lowest BCUT2D eigenvalue weighted by Crippen LogP contribution is -2.12. The van der Waals surface area contributed by atoms with Gasteiger partial charge in [-0.25, -0.2) is 18.7 Å². The predicted molar refractivity (Wildman–Crippen MR) is 69.9 cm³/mol. The van der Waals surface area contributed by atoms with E-state index in [4.69, 9.17) is 0 Å². The maximum atomic E-state index is 12.8. The Morgan fingerprint density at radius 2 is 2.15 bits per heavy atom. The molecule has 20 heavy (non-hydrogen) atoms. The van der Waals surface area contributed by atoms with E-state index in [1.807, 2.05) is 12.3 Å². The Bertz CT molecular complexity index is 711. The van der Waals surface area contributed by atoms with Gasteiger partial charge in [0.15, 0.2) is 0 Å². The molecule has 3 aromatic heterocycles. The number of halogens is 2.